The van der Waals surface area contributed by atoms with Gasteiger partial charge < -0.3 is 4.74 Å². The molecule has 1 aliphatic heterocycles. The highest BCUT2D eigenvalue weighted by Crippen LogP contribution is 2.25. The molecule has 8 heteroatoms. The van der Waals surface area contributed by atoms with Gasteiger partial charge in [-0.05, 0) is 43.2 Å². The largest absolute Gasteiger partial charge is 0.461 e. The van der Waals surface area contributed by atoms with Crippen LogP contribution in [0.15, 0.2) is 53.4 Å². The molecule has 144 valence electrons. The summed E-state index contributed by atoms with van der Waals surface area (Å²) in [5.74, 6) is -1.50. The smallest absolute Gasteiger partial charge is 0.310 e. The minimum absolute atomic E-state index is 0.00832. The van der Waals surface area contributed by atoms with Crippen LogP contribution in [0.2, 0.25) is 5.02 Å². The van der Waals surface area contributed by atoms with Crippen LogP contribution >= 0.6 is 11.6 Å². The average molecular weight is 412 g/mol. The van der Waals surface area contributed by atoms with Gasteiger partial charge in [0.1, 0.15) is 12.4 Å². The zero-order valence-electron chi connectivity index (χ0n) is 14.5. The van der Waals surface area contributed by atoms with Crippen LogP contribution in [0.5, 0.6) is 0 Å². The molecule has 1 unspecified atom stereocenters. The zero-order valence-corrected chi connectivity index (χ0v) is 16.0. The molecule has 3 rings (SSSR count). The summed E-state index contributed by atoms with van der Waals surface area (Å²) in [7, 11) is -3.78. The van der Waals surface area contributed by atoms with Crippen LogP contribution in [-0.2, 0) is 26.2 Å². The van der Waals surface area contributed by atoms with Crippen LogP contribution in [0, 0.1) is 11.7 Å². The molecule has 0 aliphatic carbocycles. The summed E-state index contributed by atoms with van der Waals surface area (Å²) in [5, 5.41) is 0.509. The first kappa shape index (κ1) is 19.8. The fourth-order valence-corrected chi connectivity index (χ4v) is 4.71. The minimum atomic E-state index is -3.78. The number of carbonyl (C=O) groups excluding carboxylic acids is 1. The number of carbonyl (C=O) groups is 1. The van der Waals surface area contributed by atoms with Gasteiger partial charge >= 0.3 is 5.97 Å². The lowest BCUT2D eigenvalue weighted by Crippen LogP contribution is -2.42. The van der Waals surface area contributed by atoms with Gasteiger partial charge in [-0.3, -0.25) is 4.79 Å². The molecule has 0 saturated carbocycles. The number of ether oxygens (including phenoxy) is 1. The molecule has 0 N–H and O–H groups in total. The molecule has 5 nitrogen and oxygen atoms in total. The highest BCUT2D eigenvalue weighted by Gasteiger charge is 2.34. The van der Waals surface area contributed by atoms with Crippen molar-refractivity contribution in [1.82, 2.24) is 4.31 Å². The highest BCUT2D eigenvalue weighted by molar-refractivity contribution is 7.89. The van der Waals surface area contributed by atoms with Crippen molar-refractivity contribution in [2.45, 2.75) is 24.3 Å². The Bertz CT molecular complexity index is 918. The van der Waals surface area contributed by atoms with Gasteiger partial charge in [0, 0.05) is 23.7 Å². The molecule has 1 aliphatic rings. The third-order valence-corrected chi connectivity index (χ3v) is 6.74. The van der Waals surface area contributed by atoms with Crippen molar-refractivity contribution in [2.75, 3.05) is 13.1 Å². The Kier molecular flexibility index (Phi) is 6.14. The maximum absolute atomic E-state index is 13.1. The standard InChI is InChI=1S/C19H19ClFNO4S/c20-18-6-2-1-4-15(18)13-26-19(23)14-5-3-11-22(12-14)27(24,25)17-9-7-16(21)8-10-17/h1-2,4,6-10,14H,3,5,11-13H2. The number of hydrogen-bond donors (Lipinski definition) is 0. The van der Waals surface area contributed by atoms with Crippen molar-refractivity contribution >= 4 is 27.6 Å². The number of piperidine rings is 1. The van der Waals surface area contributed by atoms with Crippen molar-refractivity contribution in [3.8, 4) is 0 Å². The van der Waals surface area contributed by atoms with E-state index in [9.17, 15) is 17.6 Å². The Morgan fingerprint density at radius 1 is 1.19 bits per heavy atom. The first-order valence-electron chi connectivity index (χ1n) is 8.53. The zero-order chi connectivity index (χ0) is 19.4. The summed E-state index contributed by atoms with van der Waals surface area (Å²) < 4.78 is 45.1. The molecular weight excluding hydrogens is 393 g/mol. The van der Waals surface area contributed by atoms with E-state index < -0.39 is 27.7 Å². The van der Waals surface area contributed by atoms with Crippen molar-refractivity contribution < 1.29 is 22.3 Å². The molecule has 1 atom stereocenters. The predicted octanol–water partition coefficient (Wildman–Crippen LogP) is 3.62. The van der Waals surface area contributed by atoms with Crippen LogP contribution in [0.3, 0.4) is 0 Å². The molecular formula is C19H19ClFNO4S. The fraction of sp³-hybridized carbons (Fsp3) is 0.316. The van der Waals surface area contributed by atoms with Gasteiger partial charge in [-0.2, -0.15) is 4.31 Å². The minimum Gasteiger partial charge on any atom is -0.461 e. The Hall–Kier alpha value is -1.96. The SMILES string of the molecule is O=C(OCc1ccccc1Cl)C1CCCN(S(=O)(=O)c2ccc(F)cc2)C1. The van der Waals surface area contributed by atoms with E-state index in [1.54, 1.807) is 24.3 Å². The molecule has 0 amide bonds. The van der Waals surface area contributed by atoms with E-state index in [4.69, 9.17) is 16.3 Å². The normalized spacial score (nSPS) is 18.2. The van der Waals surface area contributed by atoms with Gasteiger partial charge in [0.05, 0.1) is 10.8 Å². The quantitative estimate of drug-likeness (QED) is 0.705. The van der Waals surface area contributed by atoms with Gasteiger partial charge in [0.2, 0.25) is 10.0 Å². The molecule has 1 saturated heterocycles. The molecule has 27 heavy (non-hydrogen) atoms. The van der Waals surface area contributed by atoms with E-state index in [1.807, 2.05) is 0 Å². The molecule has 0 radical (unpaired) electrons. The number of esters is 1. The number of halogens is 2. The lowest BCUT2D eigenvalue weighted by molar-refractivity contribution is -0.151. The maximum Gasteiger partial charge on any atom is 0.310 e. The van der Waals surface area contributed by atoms with Gasteiger partial charge in [0.25, 0.3) is 0 Å². The Labute approximate surface area is 162 Å². The molecule has 0 spiro atoms. The summed E-state index contributed by atoms with van der Waals surface area (Å²) in [4.78, 5) is 12.4. The first-order chi connectivity index (χ1) is 12.9. The van der Waals surface area contributed by atoms with Crippen LogP contribution < -0.4 is 0 Å². The van der Waals surface area contributed by atoms with E-state index in [0.717, 1.165) is 12.1 Å². The number of benzene rings is 2. The molecule has 2 aromatic rings. The summed E-state index contributed by atoms with van der Waals surface area (Å²) in [6.07, 6.45) is 1.10. The van der Waals surface area contributed by atoms with E-state index in [1.165, 1.54) is 16.4 Å². The molecule has 1 fully saturated rings. The van der Waals surface area contributed by atoms with Gasteiger partial charge in [-0.15, -0.1) is 0 Å². The third-order valence-electron chi connectivity index (χ3n) is 4.50. The molecule has 1 heterocycles. The van der Waals surface area contributed by atoms with Gasteiger partial charge in [-0.25, -0.2) is 12.8 Å². The molecule has 0 bridgehead atoms. The maximum atomic E-state index is 13.1. The van der Waals surface area contributed by atoms with Crippen LogP contribution in [-0.4, -0.2) is 31.8 Å². The topological polar surface area (TPSA) is 63.7 Å². The summed E-state index contributed by atoms with van der Waals surface area (Å²) >= 11 is 6.05. The van der Waals surface area contributed by atoms with E-state index in [2.05, 4.69) is 0 Å². The Morgan fingerprint density at radius 3 is 2.59 bits per heavy atom. The number of hydrogen-bond acceptors (Lipinski definition) is 4. The summed E-state index contributed by atoms with van der Waals surface area (Å²) in [6, 6.07) is 11.7. The summed E-state index contributed by atoms with van der Waals surface area (Å²) in [6.45, 7) is 0.398. The van der Waals surface area contributed by atoms with Gasteiger partial charge in [-0.1, -0.05) is 29.8 Å². The number of sulfonamides is 1. The third kappa shape index (κ3) is 4.66. The first-order valence-corrected chi connectivity index (χ1v) is 10.4. The number of nitrogens with zero attached hydrogens (tertiary/aromatic N) is 1. The molecule has 0 aromatic heterocycles. The second-order valence-electron chi connectivity index (χ2n) is 6.36. The van der Waals surface area contributed by atoms with Crippen molar-refractivity contribution in [2.24, 2.45) is 5.92 Å². The Balaban J connectivity index is 1.65. The van der Waals surface area contributed by atoms with Crippen molar-refractivity contribution in [3.05, 3.63) is 64.9 Å². The van der Waals surface area contributed by atoms with Crippen molar-refractivity contribution in [3.63, 3.8) is 0 Å². The van der Waals surface area contributed by atoms with Crippen LogP contribution in [0.25, 0.3) is 0 Å². The van der Waals surface area contributed by atoms with Gasteiger partial charge in [0.15, 0.2) is 0 Å². The van der Waals surface area contributed by atoms with E-state index in [0.29, 0.717) is 30.0 Å². The summed E-state index contributed by atoms with van der Waals surface area (Å²) in [5.41, 5.74) is 0.694. The van der Waals surface area contributed by atoms with E-state index in [-0.39, 0.29) is 18.0 Å². The van der Waals surface area contributed by atoms with Crippen molar-refractivity contribution in [1.29, 1.82) is 0 Å². The lowest BCUT2D eigenvalue weighted by Gasteiger charge is -2.30. The van der Waals surface area contributed by atoms with E-state index >= 15 is 0 Å². The fourth-order valence-electron chi connectivity index (χ4n) is 2.99. The Morgan fingerprint density at radius 2 is 1.89 bits per heavy atom. The lowest BCUT2D eigenvalue weighted by atomic mass is 10.00. The second-order valence-corrected chi connectivity index (χ2v) is 8.70. The predicted molar refractivity (Wildman–Crippen MR) is 99.1 cm³/mol. The molecule has 2 aromatic carbocycles. The van der Waals surface area contributed by atoms with Crippen LogP contribution in [0.4, 0.5) is 4.39 Å². The van der Waals surface area contributed by atoms with Crippen LogP contribution in [0.1, 0.15) is 18.4 Å². The monoisotopic (exact) mass is 411 g/mol. The highest BCUT2D eigenvalue weighted by atomic mass is 35.5. The number of rotatable bonds is 5. The average Bonchev–Trinajstić information content (AvgIpc) is 2.67. The second kappa shape index (κ2) is 8.37.